The van der Waals surface area contributed by atoms with Crippen LogP contribution in [0, 0.1) is 6.92 Å². The zero-order valence-corrected chi connectivity index (χ0v) is 12.4. The van der Waals surface area contributed by atoms with Gasteiger partial charge in [-0.2, -0.15) is 0 Å². The van der Waals surface area contributed by atoms with E-state index in [1.165, 1.54) is 0 Å². The molecular weight excluding hydrogens is 270 g/mol. The second-order valence-electron chi connectivity index (χ2n) is 5.17. The molecule has 0 aromatic heterocycles. The Kier molecular flexibility index (Phi) is 4.01. The highest BCUT2D eigenvalue weighted by Crippen LogP contribution is 2.36. The minimum absolute atomic E-state index is 0.697. The lowest BCUT2D eigenvalue weighted by molar-refractivity contribution is 0.112. The van der Waals surface area contributed by atoms with Crippen molar-refractivity contribution in [1.82, 2.24) is 0 Å². The number of hydrogen-bond acceptors (Lipinski definition) is 2. The number of carbonyl (C=O) groups excluding carboxylic acids is 1. The molecule has 0 spiro atoms. The number of anilines is 3. The molecule has 0 aliphatic rings. The lowest BCUT2D eigenvalue weighted by Crippen LogP contribution is -2.11. The summed E-state index contributed by atoms with van der Waals surface area (Å²) in [5.74, 6) is 0. The van der Waals surface area contributed by atoms with Crippen molar-refractivity contribution >= 4 is 23.3 Å². The van der Waals surface area contributed by atoms with Crippen LogP contribution in [0.15, 0.2) is 78.9 Å². The molecule has 108 valence electrons. The number of rotatable bonds is 4. The van der Waals surface area contributed by atoms with Gasteiger partial charge in [-0.1, -0.05) is 36.4 Å². The van der Waals surface area contributed by atoms with Crippen LogP contribution in [0.1, 0.15) is 15.9 Å². The minimum atomic E-state index is 0.697. The smallest absolute Gasteiger partial charge is 0.150 e. The average Bonchev–Trinajstić information content (AvgIpc) is 2.58. The Morgan fingerprint density at radius 3 is 1.77 bits per heavy atom. The molecule has 3 rings (SSSR count). The second-order valence-corrected chi connectivity index (χ2v) is 5.17. The van der Waals surface area contributed by atoms with Gasteiger partial charge in [0.15, 0.2) is 0 Å². The van der Waals surface area contributed by atoms with Gasteiger partial charge < -0.3 is 4.90 Å². The molecule has 0 saturated heterocycles. The van der Waals surface area contributed by atoms with E-state index in [2.05, 4.69) is 29.2 Å². The van der Waals surface area contributed by atoms with Crippen LogP contribution in [0.25, 0.3) is 0 Å². The molecule has 0 saturated carbocycles. The van der Waals surface area contributed by atoms with Crippen molar-refractivity contribution in [1.29, 1.82) is 0 Å². The van der Waals surface area contributed by atoms with Crippen molar-refractivity contribution in [3.05, 3.63) is 90.0 Å². The van der Waals surface area contributed by atoms with Crippen molar-refractivity contribution in [3.63, 3.8) is 0 Å². The van der Waals surface area contributed by atoms with Gasteiger partial charge >= 0.3 is 0 Å². The summed E-state index contributed by atoms with van der Waals surface area (Å²) in [5.41, 5.74) is 5.02. The number of aryl methyl sites for hydroxylation is 1. The van der Waals surface area contributed by atoms with E-state index < -0.39 is 0 Å². The first-order valence-electron chi connectivity index (χ1n) is 7.25. The summed E-state index contributed by atoms with van der Waals surface area (Å²) in [5, 5.41) is 0. The maximum Gasteiger partial charge on any atom is 0.150 e. The first-order chi connectivity index (χ1) is 10.8. The number of para-hydroxylation sites is 2. The van der Waals surface area contributed by atoms with Gasteiger partial charge in [0.1, 0.15) is 6.29 Å². The number of aldehydes is 1. The third-order valence-electron chi connectivity index (χ3n) is 3.63. The monoisotopic (exact) mass is 287 g/mol. The van der Waals surface area contributed by atoms with E-state index in [-0.39, 0.29) is 0 Å². The number of benzene rings is 3. The van der Waals surface area contributed by atoms with Crippen LogP contribution in [-0.4, -0.2) is 6.29 Å². The molecule has 0 bridgehead atoms. The molecule has 22 heavy (non-hydrogen) atoms. The van der Waals surface area contributed by atoms with Gasteiger partial charge in [-0.3, -0.25) is 4.79 Å². The maximum absolute atomic E-state index is 11.0. The van der Waals surface area contributed by atoms with Crippen LogP contribution in [0.4, 0.5) is 17.1 Å². The molecule has 2 nitrogen and oxygen atoms in total. The Balaban J connectivity index is 2.16. The Hall–Kier alpha value is -2.87. The van der Waals surface area contributed by atoms with Gasteiger partial charge in [-0.05, 0) is 55.0 Å². The molecule has 0 fully saturated rings. The van der Waals surface area contributed by atoms with Crippen LogP contribution in [0.5, 0.6) is 0 Å². The van der Waals surface area contributed by atoms with Gasteiger partial charge in [0, 0.05) is 22.6 Å². The molecular formula is C20H17NO. The third-order valence-corrected chi connectivity index (χ3v) is 3.63. The van der Waals surface area contributed by atoms with Crippen LogP contribution in [-0.2, 0) is 0 Å². The van der Waals surface area contributed by atoms with Gasteiger partial charge in [-0.25, -0.2) is 0 Å². The van der Waals surface area contributed by atoms with Crippen molar-refractivity contribution in [2.75, 3.05) is 4.90 Å². The molecule has 0 N–H and O–H groups in total. The Labute approximate surface area is 130 Å². The molecule has 0 aliphatic heterocycles. The lowest BCUT2D eigenvalue weighted by Gasteiger charge is -2.27. The highest BCUT2D eigenvalue weighted by molar-refractivity contribution is 5.82. The van der Waals surface area contributed by atoms with E-state index in [0.29, 0.717) is 5.56 Å². The summed E-state index contributed by atoms with van der Waals surface area (Å²) in [7, 11) is 0. The topological polar surface area (TPSA) is 20.3 Å². The quantitative estimate of drug-likeness (QED) is 0.609. The number of carbonyl (C=O) groups is 1. The molecule has 2 heteroatoms. The van der Waals surface area contributed by atoms with Gasteiger partial charge in [0.25, 0.3) is 0 Å². The SMILES string of the molecule is Cc1cc(C=O)ccc1N(c1ccccc1)c1ccccc1. The zero-order valence-electron chi connectivity index (χ0n) is 12.4. The Morgan fingerprint density at radius 2 is 1.32 bits per heavy atom. The average molecular weight is 287 g/mol. The predicted molar refractivity (Wildman–Crippen MR) is 91.2 cm³/mol. The highest BCUT2D eigenvalue weighted by Gasteiger charge is 2.13. The predicted octanol–water partition coefficient (Wildman–Crippen LogP) is 5.28. The largest absolute Gasteiger partial charge is 0.310 e. The first-order valence-corrected chi connectivity index (χ1v) is 7.25. The van der Waals surface area contributed by atoms with Crippen LogP contribution >= 0.6 is 0 Å². The summed E-state index contributed by atoms with van der Waals surface area (Å²) in [6.07, 6.45) is 0.881. The molecule has 3 aromatic rings. The van der Waals surface area contributed by atoms with Crippen LogP contribution in [0.3, 0.4) is 0 Å². The first kappa shape index (κ1) is 14.1. The molecule has 0 radical (unpaired) electrons. The molecule has 0 aliphatic carbocycles. The van der Waals surface area contributed by atoms with Crippen LogP contribution < -0.4 is 4.90 Å². The molecule has 3 aromatic carbocycles. The summed E-state index contributed by atoms with van der Waals surface area (Å²) in [6.45, 7) is 2.03. The van der Waals surface area contributed by atoms with Crippen molar-refractivity contribution in [2.45, 2.75) is 6.92 Å². The minimum Gasteiger partial charge on any atom is -0.310 e. The standard InChI is InChI=1S/C20H17NO/c1-16-14-17(15-22)12-13-20(16)21(18-8-4-2-5-9-18)19-10-6-3-7-11-19/h2-15H,1H3. The van der Waals surface area contributed by atoms with Crippen molar-refractivity contribution < 1.29 is 4.79 Å². The number of nitrogens with zero attached hydrogens (tertiary/aromatic N) is 1. The Morgan fingerprint density at radius 1 is 0.773 bits per heavy atom. The molecule has 0 unspecified atom stereocenters. The second kappa shape index (κ2) is 6.27. The fourth-order valence-electron chi connectivity index (χ4n) is 2.58. The van der Waals surface area contributed by atoms with E-state index in [1.807, 2.05) is 61.5 Å². The Bertz CT molecular complexity index is 727. The summed E-state index contributed by atoms with van der Waals surface area (Å²) < 4.78 is 0. The van der Waals surface area contributed by atoms with E-state index in [1.54, 1.807) is 0 Å². The van der Waals surface area contributed by atoms with Crippen molar-refractivity contribution in [3.8, 4) is 0 Å². The summed E-state index contributed by atoms with van der Waals surface area (Å²) in [6, 6.07) is 26.2. The van der Waals surface area contributed by atoms with Crippen molar-refractivity contribution in [2.24, 2.45) is 0 Å². The summed E-state index contributed by atoms with van der Waals surface area (Å²) >= 11 is 0. The van der Waals surface area contributed by atoms with E-state index in [9.17, 15) is 4.79 Å². The lowest BCUT2D eigenvalue weighted by atomic mass is 10.1. The van der Waals surface area contributed by atoms with Crippen LogP contribution in [0.2, 0.25) is 0 Å². The molecule has 0 amide bonds. The normalized spacial score (nSPS) is 10.2. The van der Waals surface area contributed by atoms with Gasteiger partial charge in [-0.15, -0.1) is 0 Å². The molecule has 0 atom stereocenters. The summed E-state index contributed by atoms with van der Waals surface area (Å²) in [4.78, 5) is 13.2. The third kappa shape index (κ3) is 2.77. The van der Waals surface area contributed by atoms with E-state index >= 15 is 0 Å². The fraction of sp³-hybridized carbons (Fsp3) is 0.0500. The van der Waals surface area contributed by atoms with E-state index in [4.69, 9.17) is 0 Å². The zero-order chi connectivity index (χ0) is 15.4. The highest BCUT2D eigenvalue weighted by atomic mass is 16.1. The van der Waals surface area contributed by atoms with Gasteiger partial charge in [0.2, 0.25) is 0 Å². The number of hydrogen-bond donors (Lipinski definition) is 0. The maximum atomic E-state index is 11.0. The molecule has 0 heterocycles. The fourth-order valence-corrected chi connectivity index (χ4v) is 2.58. The van der Waals surface area contributed by atoms with E-state index in [0.717, 1.165) is 28.9 Å². The van der Waals surface area contributed by atoms with Gasteiger partial charge in [0.05, 0.1) is 0 Å².